The van der Waals surface area contributed by atoms with Gasteiger partial charge in [0.25, 0.3) is 0 Å². The van der Waals surface area contributed by atoms with Crippen molar-refractivity contribution in [1.82, 2.24) is 5.32 Å². The van der Waals surface area contributed by atoms with Gasteiger partial charge >= 0.3 is 0 Å². The summed E-state index contributed by atoms with van der Waals surface area (Å²) < 4.78 is 5.64. The highest BCUT2D eigenvalue weighted by Crippen LogP contribution is 2.21. The number of rotatable bonds is 10. The fourth-order valence-electron chi connectivity index (χ4n) is 2.05. The third-order valence-electron chi connectivity index (χ3n) is 3.45. The lowest BCUT2D eigenvalue weighted by atomic mass is 10.1. The summed E-state index contributed by atoms with van der Waals surface area (Å²) >= 11 is 5.88. The van der Waals surface area contributed by atoms with Crippen molar-refractivity contribution in [3.63, 3.8) is 0 Å². The first-order valence-corrected chi connectivity index (χ1v) is 8.24. The Morgan fingerprint density at radius 3 is 2.86 bits per heavy atom. The van der Waals surface area contributed by atoms with Gasteiger partial charge in [0, 0.05) is 18.0 Å². The molecule has 22 heavy (non-hydrogen) atoms. The highest BCUT2D eigenvalue weighted by Gasteiger charge is 2.04. The second kappa shape index (κ2) is 10.5. The molecule has 5 heteroatoms. The van der Waals surface area contributed by atoms with Crippen molar-refractivity contribution in [1.29, 1.82) is 0 Å². The Morgan fingerprint density at radius 2 is 2.18 bits per heavy atom. The maximum absolute atomic E-state index is 11.6. The minimum absolute atomic E-state index is 0.0300. The number of halogens is 1. The molecule has 0 radical (unpaired) electrons. The molecule has 1 aromatic carbocycles. The van der Waals surface area contributed by atoms with Gasteiger partial charge in [0.15, 0.2) is 0 Å². The summed E-state index contributed by atoms with van der Waals surface area (Å²) in [6.45, 7) is 5.02. The molecule has 4 nitrogen and oxygen atoms in total. The molecule has 0 aliphatic carbocycles. The summed E-state index contributed by atoms with van der Waals surface area (Å²) in [5.74, 6) is 0.834. The Balaban J connectivity index is 2.10. The molecule has 1 aromatic rings. The minimum Gasteiger partial charge on any atom is -0.493 e. The van der Waals surface area contributed by atoms with E-state index in [0.29, 0.717) is 31.0 Å². The Morgan fingerprint density at radius 1 is 1.41 bits per heavy atom. The standard InChI is InChI=1S/C17H26ClNO3/c1-3-15(20)6-4-10-19-17(21)7-5-11-22-16-9-8-14(18)12-13(16)2/h8-9,12,15,20H,3-7,10-11H2,1-2H3,(H,19,21)/t15-/m0/s1. The Hall–Kier alpha value is -1.26. The van der Waals surface area contributed by atoms with E-state index in [1.54, 1.807) is 6.07 Å². The van der Waals surface area contributed by atoms with Gasteiger partial charge in [-0.05, 0) is 56.4 Å². The van der Waals surface area contributed by atoms with Crippen molar-refractivity contribution in [2.75, 3.05) is 13.2 Å². The third-order valence-corrected chi connectivity index (χ3v) is 3.69. The van der Waals surface area contributed by atoms with Crippen LogP contribution in [0.1, 0.15) is 44.6 Å². The van der Waals surface area contributed by atoms with Crippen LogP contribution in [0.25, 0.3) is 0 Å². The van der Waals surface area contributed by atoms with Gasteiger partial charge in [0.2, 0.25) is 5.91 Å². The predicted octanol–water partition coefficient (Wildman–Crippen LogP) is 3.47. The van der Waals surface area contributed by atoms with Crippen molar-refractivity contribution >= 4 is 17.5 Å². The van der Waals surface area contributed by atoms with E-state index in [-0.39, 0.29) is 12.0 Å². The molecule has 1 rings (SSSR count). The number of aliphatic hydroxyl groups is 1. The summed E-state index contributed by atoms with van der Waals surface area (Å²) in [4.78, 5) is 11.6. The van der Waals surface area contributed by atoms with Crippen LogP contribution in [0.5, 0.6) is 5.75 Å². The molecule has 0 spiro atoms. The van der Waals surface area contributed by atoms with Crippen LogP contribution in [0.3, 0.4) is 0 Å². The molecular weight excluding hydrogens is 302 g/mol. The highest BCUT2D eigenvalue weighted by molar-refractivity contribution is 6.30. The summed E-state index contributed by atoms with van der Waals surface area (Å²) in [5, 5.41) is 13.0. The van der Waals surface area contributed by atoms with E-state index >= 15 is 0 Å². The van der Waals surface area contributed by atoms with Crippen LogP contribution in [0, 0.1) is 6.92 Å². The van der Waals surface area contributed by atoms with Crippen LogP contribution in [-0.4, -0.2) is 30.3 Å². The summed E-state index contributed by atoms with van der Waals surface area (Å²) in [6.07, 6.45) is 3.16. The van der Waals surface area contributed by atoms with E-state index in [1.165, 1.54) is 0 Å². The predicted molar refractivity (Wildman–Crippen MR) is 89.5 cm³/mol. The first-order valence-electron chi connectivity index (χ1n) is 7.86. The fourth-order valence-corrected chi connectivity index (χ4v) is 2.27. The first kappa shape index (κ1) is 18.8. The van der Waals surface area contributed by atoms with Crippen LogP contribution < -0.4 is 10.1 Å². The van der Waals surface area contributed by atoms with Crippen LogP contribution in [0.4, 0.5) is 0 Å². The molecule has 0 unspecified atom stereocenters. The number of benzene rings is 1. The van der Waals surface area contributed by atoms with E-state index in [0.717, 1.165) is 30.6 Å². The molecule has 2 N–H and O–H groups in total. The Bertz CT molecular complexity index is 465. The second-order valence-corrected chi connectivity index (χ2v) is 5.85. The summed E-state index contributed by atoms with van der Waals surface area (Å²) in [7, 11) is 0. The van der Waals surface area contributed by atoms with Gasteiger partial charge in [-0.1, -0.05) is 18.5 Å². The largest absolute Gasteiger partial charge is 0.493 e. The van der Waals surface area contributed by atoms with Gasteiger partial charge in [-0.25, -0.2) is 0 Å². The van der Waals surface area contributed by atoms with Crippen LogP contribution in [0.2, 0.25) is 5.02 Å². The fraction of sp³-hybridized carbons (Fsp3) is 0.588. The number of hydrogen-bond acceptors (Lipinski definition) is 3. The Kier molecular flexibility index (Phi) is 8.94. The van der Waals surface area contributed by atoms with Gasteiger partial charge in [-0.2, -0.15) is 0 Å². The number of carbonyl (C=O) groups excluding carboxylic acids is 1. The zero-order valence-electron chi connectivity index (χ0n) is 13.4. The van der Waals surface area contributed by atoms with Gasteiger partial charge in [0.1, 0.15) is 5.75 Å². The molecule has 0 bridgehead atoms. The zero-order chi connectivity index (χ0) is 16.4. The van der Waals surface area contributed by atoms with Crippen molar-refractivity contribution in [3.8, 4) is 5.75 Å². The maximum Gasteiger partial charge on any atom is 0.220 e. The first-order chi connectivity index (χ1) is 10.5. The molecule has 0 heterocycles. The highest BCUT2D eigenvalue weighted by atomic mass is 35.5. The molecular formula is C17H26ClNO3. The van der Waals surface area contributed by atoms with E-state index < -0.39 is 0 Å². The van der Waals surface area contributed by atoms with Crippen LogP contribution in [-0.2, 0) is 4.79 Å². The molecule has 0 saturated carbocycles. The lowest BCUT2D eigenvalue weighted by Gasteiger charge is -2.10. The van der Waals surface area contributed by atoms with E-state index in [1.807, 2.05) is 26.0 Å². The van der Waals surface area contributed by atoms with Gasteiger partial charge in [-0.15, -0.1) is 0 Å². The van der Waals surface area contributed by atoms with Gasteiger partial charge in [0.05, 0.1) is 12.7 Å². The van der Waals surface area contributed by atoms with E-state index in [9.17, 15) is 9.90 Å². The van der Waals surface area contributed by atoms with Crippen molar-refractivity contribution in [2.45, 2.75) is 52.1 Å². The topological polar surface area (TPSA) is 58.6 Å². The third kappa shape index (κ3) is 7.66. The van der Waals surface area contributed by atoms with Crippen molar-refractivity contribution < 1.29 is 14.6 Å². The van der Waals surface area contributed by atoms with Crippen molar-refractivity contribution in [2.24, 2.45) is 0 Å². The lowest BCUT2D eigenvalue weighted by molar-refractivity contribution is -0.121. The van der Waals surface area contributed by atoms with Crippen molar-refractivity contribution in [3.05, 3.63) is 28.8 Å². The normalized spacial score (nSPS) is 12.0. The molecule has 124 valence electrons. The number of carbonyl (C=O) groups is 1. The maximum atomic E-state index is 11.6. The van der Waals surface area contributed by atoms with Gasteiger partial charge < -0.3 is 15.2 Å². The second-order valence-electron chi connectivity index (χ2n) is 5.42. The van der Waals surface area contributed by atoms with Crippen LogP contribution >= 0.6 is 11.6 Å². The SMILES string of the molecule is CC[C@H](O)CCCNC(=O)CCCOc1ccc(Cl)cc1C. The quantitative estimate of drug-likeness (QED) is 0.647. The molecule has 0 fully saturated rings. The zero-order valence-corrected chi connectivity index (χ0v) is 14.2. The number of amides is 1. The molecule has 1 atom stereocenters. The number of aryl methyl sites for hydroxylation is 1. The number of hydrogen-bond donors (Lipinski definition) is 2. The molecule has 0 aromatic heterocycles. The minimum atomic E-state index is -0.257. The number of aliphatic hydroxyl groups excluding tert-OH is 1. The molecule has 1 amide bonds. The van der Waals surface area contributed by atoms with E-state index in [4.69, 9.17) is 16.3 Å². The van der Waals surface area contributed by atoms with Gasteiger partial charge in [-0.3, -0.25) is 4.79 Å². The lowest BCUT2D eigenvalue weighted by Crippen LogP contribution is -2.25. The monoisotopic (exact) mass is 327 g/mol. The number of nitrogens with one attached hydrogen (secondary N) is 1. The molecule has 0 aliphatic heterocycles. The number of ether oxygens (including phenoxy) is 1. The summed E-state index contributed by atoms with van der Waals surface area (Å²) in [6, 6.07) is 5.49. The molecule has 0 aliphatic rings. The van der Waals surface area contributed by atoms with E-state index in [2.05, 4.69) is 5.32 Å². The van der Waals surface area contributed by atoms with Crippen LogP contribution in [0.15, 0.2) is 18.2 Å². The Labute approximate surface area is 137 Å². The molecule has 0 saturated heterocycles. The summed E-state index contributed by atoms with van der Waals surface area (Å²) in [5.41, 5.74) is 0.992. The smallest absolute Gasteiger partial charge is 0.220 e. The average molecular weight is 328 g/mol. The average Bonchev–Trinajstić information content (AvgIpc) is 2.49.